The van der Waals surface area contributed by atoms with Gasteiger partial charge in [0, 0.05) is 37.5 Å². The molecule has 0 bridgehead atoms. The van der Waals surface area contributed by atoms with Crippen LogP contribution in [-0.4, -0.2) is 48.7 Å². The number of aryl methyl sites for hydroxylation is 2. The first kappa shape index (κ1) is 24.1. The SMILES string of the molecule is Cc1ccc(Oc2ccnc(NC(Cc3ccc(S(N)(=O)=O)cc3)N3CCC(F)C3)c2)c(C)n1. The first-order valence-corrected chi connectivity index (χ1v) is 12.6. The topological polar surface area (TPSA) is 110 Å². The van der Waals surface area contributed by atoms with E-state index in [0.29, 0.717) is 43.2 Å². The number of ether oxygens (including phenoxy) is 1. The third kappa shape index (κ3) is 6.07. The van der Waals surface area contributed by atoms with Gasteiger partial charge in [-0.2, -0.15) is 0 Å². The van der Waals surface area contributed by atoms with Crippen LogP contribution in [0.3, 0.4) is 0 Å². The van der Waals surface area contributed by atoms with Crippen LogP contribution >= 0.6 is 0 Å². The predicted octanol–water partition coefficient (Wildman–Crippen LogP) is 3.56. The Morgan fingerprint density at radius 3 is 2.62 bits per heavy atom. The molecular weight excluding hydrogens is 457 g/mol. The molecule has 180 valence electrons. The summed E-state index contributed by atoms with van der Waals surface area (Å²) in [4.78, 5) is 10.9. The van der Waals surface area contributed by atoms with Gasteiger partial charge >= 0.3 is 0 Å². The van der Waals surface area contributed by atoms with Crippen molar-refractivity contribution in [3.63, 3.8) is 0 Å². The molecule has 0 radical (unpaired) electrons. The molecule has 2 unspecified atom stereocenters. The van der Waals surface area contributed by atoms with E-state index in [1.165, 1.54) is 12.1 Å². The number of likely N-dealkylation sites (tertiary alicyclic amines) is 1. The van der Waals surface area contributed by atoms with Crippen molar-refractivity contribution < 1.29 is 17.5 Å². The van der Waals surface area contributed by atoms with Crippen LogP contribution in [0.4, 0.5) is 10.2 Å². The minimum atomic E-state index is -3.76. The third-order valence-corrected chi connectivity index (χ3v) is 6.66. The van der Waals surface area contributed by atoms with E-state index in [-0.39, 0.29) is 11.1 Å². The second-order valence-corrected chi connectivity index (χ2v) is 10.0. The van der Waals surface area contributed by atoms with Crippen molar-refractivity contribution in [3.05, 3.63) is 71.7 Å². The van der Waals surface area contributed by atoms with Crippen LogP contribution in [0.2, 0.25) is 0 Å². The molecule has 1 aliphatic heterocycles. The first-order valence-electron chi connectivity index (χ1n) is 11.0. The van der Waals surface area contributed by atoms with Crippen LogP contribution in [0.5, 0.6) is 11.5 Å². The van der Waals surface area contributed by atoms with Crippen LogP contribution < -0.4 is 15.2 Å². The monoisotopic (exact) mass is 485 g/mol. The number of nitrogens with zero attached hydrogens (tertiary/aromatic N) is 3. The normalized spacial score (nSPS) is 17.5. The summed E-state index contributed by atoms with van der Waals surface area (Å²) in [7, 11) is -3.76. The maximum atomic E-state index is 14.0. The molecule has 3 N–H and O–H groups in total. The van der Waals surface area contributed by atoms with E-state index in [2.05, 4.69) is 15.3 Å². The number of hydrogen-bond acceptors (Lipinski definition) is 7. The van der Waals surface area contributed by atoms with Gasteiger partial charge in [-0.25, -0.2) is 22.9 Å². The van der Waals surface area contributed by atoms with Crippen molar-refractivity contribution in [2.24, 2.45) is 5.14 Å². The van der Waals surface area contributed by atoms with Gasteiger partial charge in [0.15, 0.2) is 0 Å². The Hall–Kier alpha value is -3.08. The molecule has 8 nitrogen and oxygen atoms in total. The zero-order valence-corrected chi connectivity index (χ0v) is 19.9. The fourth-order valence-corrected chi connectivity index (χ4v) is 4.48. The highest BCUT2D eigenvalue weighted by molar-refractivity contribution is 7.89. The smallest absolute Gasteiger partial charge is 0.238 e. The number of nitrogens with two attached hydrogens (primary N) is 1. The molecule has 10 heteroatoms. The number of sulfonamides is 1. The van der Waals surface area contributed by atoms with E-state index < -0.39 is 16.2 Å². The number of pyridine rings is 2. The summed E-state index contributed by atoms with van der Waals surface area (Å²) in [5.74, 6) is 1.85. The molecule has 2 aromatic heterocycles. The van der Waals surface area contributed by atoms with E-state index >= 15 is 0 Å². The van der Waals surface area contributed by atoms with Crippen LogP contribution in [0.15, 0.2) is 59.6 Å². The first-order chi connectivity index (χ1) is 16.2. The lowest BCUT2D eigenvalue weighted by atomic mass is 10.1. The Morgan fingerprint density at radius 1 is 1.21 bits per heavy atom. The van der Waals surface area contributed by atoms with Gasteiger partial charge < -0.3 is 10.1 Å². The van der Waals surface area contributed by atoms with Crippen molar-refractivity contribution in [2.75, 3.05) is 18.4 Å². The van der Waals surface area contributed by atoms with E-state index in [4.69, 9.17) is 9.88 Å². The molecule has 0 aliphatic carbocycles. The van der Waals surface area contributed by atoms with Crippen LogP contribution in [0.25, 0.3) is 0 Å². The number of alkyl halides is 1. The number of aromatic nitrogens is 2. The number of benzene rings is 1. The Balaban J connectivity index is 1.53. The lowest BCUT2D eigenvalue weighted by molar-refractivity contribution is 0.237. The number of primary sulfonamides is 1. The largest absolute Gasteiger partial charge is 0.455 e. The average Bonchev–Trinajstić information content (AvgIpc) is 3.22. The maximum Gasteiger partial charge on any atom is 0.238 e. The Labute approximate surface area is 199 Å². The summed E-state index contributed by atoms with van der Waals surface area (Å²) < 4.78 is 43.1. The predicted molar refractivity (Wildman–Crippen MR) is 128 cm³/mol. The maximum absolute atomic E-state index is 14.0. The van der Waals surface area contributed by atoms with Crippen molar-refractivity contribution >= 4 is 15.8 Å². The van der Waals surface area contributed by atoms with Gasteiger partial charge in [-0.3, -0.25) is 9.88 Å². The molecule has 1 aromatic carbocycles. The lowest BCUT2D eigenvalue weighted by Crippen LogP contribution is -2.41. The Kier molecular flexibility index (Phi) is 7.11. The molecule has 2 atom stereocenters. The molecule has 34 heavy (non-hydrogen) atoms. The fourth-order valence-electron chi connectivity index (χ4n) is 3.97. The van der Waals surface area contributed by atoms with Crippen LogP contribution in [0.1, 0.15) is 23.4 Å². The van der Waals surface area contributed by atoms with Gasteiger partial charge in [0.1, 0.15) is 23.5 Å². The molecule has 4 rings (SSSR count). The highest BCUT2D eigenvalue weighted by atomic mass is 32.2. The Morgan fingerprint density at radius 2 is 1.97 bits per heavy atom. The van der Waals surface area contributed by atoms with Crippen molar-refractivity contribution in [1.82, 2.24) is 14.9 Å². The summed E-state index contributed by atoms with van der Waals surface area (Å²) in [6, 6.07) is 13.7. The number of rotatable bonds is 8. The quantitative estimate of drug-likeness (QED) is 0.502. The number of anilines is 1. The van der Waals surface area contributed by atoms with Gasteiger partial charge in [0.25, 0.3) is 0 Å². The highest BCUT2D eigenvalue weighted by Crippen LogP contribution is 2.27. The molecule has 3 heterocycles. The van der Waals surface area contributed by atoms with E-state index in [0.717, 1.165) is 17.0 Å². The standard InChI is InChI=1S/C24H28FN5O3S/c1-16-3-8-22(17(2)28-16)33-20-9-11-27-23(14-20)29-24(30-12-10-19(25)15-30)13-18-4-6-21(7-5-18)34(26,31)32/h3-9,11,14,19,24H,10,12-13,15H2,1-2H3,(H,27,29)(H2,26,31,32). The number of halogens is 1. The number of nitrogens with one attached hydrogen (secondary N) is 1. The van der Waals surface area contributed by atoms with Crippen LogP contribution in [-0.2, 0) is 16.4 Å². The Bertz CT molecular complexity index is 1250. The molecule has 0 amide bonds. The molecule has 3 aromatic rings. The van der Waals surface area contributed by atoms with Gasteiger partial charge in [-0.05, 0) is 56.2 Å². The fraction of sp³-hybridized carbons (Fsp3) is 0.333. The average molecular weight is 486 g/mol. The second kappa shape index (κ2) is 10.0. The zero-order valence-electron chi connectivity index (χ0n) is 19.1. The lowest BCUT2D eigenvalue weighted by Gasteiger charge is -2.29. The van der Waals surface area contributed by atoms with Crippen LogP contribution in [0, 0.1) is 13.8 Å². The summed E-state index contributed by atoms with van der Waals surface area (Å²) in [5.41, 5.74) is 2.60. The summed E-state index contributed by atoms with van der Waals surface area (Å²) >= 11 is 0. The van der Waals surface area contributed by atoms with Crippen molar-refractivity contribution in [1.29, 1.82) is 0 Å². The summed E-state index contributed by atoms with van der Waals surface area (Å²) in [5, 5.41) is 8.59. The minimum Gasteiger partial charge on any atom is -0.455 e. The van der Waals surface area contributed by atoms with Crippen molar-refractivity contribution in [2.45, 2.75) is 43.9 Å². The molecule has 1 fully saturated rings. The van der Waals surface area contributed by atoms with E-state index in [9.17, 15) is 12.8 Å². The summed E-state index contributed by atoms with van der Waals surface area (Å²) in [6.45, 7) is 4.74. The highest BCUT2D eigenvalue weighted by Gasteiger charge is 2.28. The molecule has 1 aliphatic rings. The van der Waals surface area contributed by atoms with Gasteiger partial charge in [-0.15, -0.1) is 0 Å². The molecule has 0 saturated carbocycles. The zero-order chi connectivity index (χ0) is 24.3. The van der Waals surface area contributed by atoms with Crippen molar-refractivity contribution in [3.8, 4) is 11.5 Å². The third-order valence-electron chi connectivity index (χ3n) is 5.73. The van der Waals surface area contributed by atoms with Gasteiger partial charge in [0.2, 0.25) is 10.0 Å². The molecule has 0 spiro atoms. The van der Waals surface area contributed by atoms with Gasteiger partial charge in [-0.1, -0.05) is 12.1 Å². The molecular formula is C24H28FN5O3S. The minimum absolute atomic E-state index is 0.0539. The van der Waals surface area contributed by atoms with E-state index in [1.54, 1.807) is 30.5 Å². The number of hydrogen-bond donors (Lipinski definition) is 2. The molecule has 1 saturated heterocycles. The second-order valence-electron chi connectivity index (χ2n) is 8.45. The van der Waals surface area contributed by atoms with Gasteiger partial charge in [0.05, 0.1) is 16.8 Å². The summed E-state index contributed by atoms with van der Waals surface area (Å²) in [6.07, 6.45) is 1.51. The van der Waals surface area contributed by atoms with E-state index in [1.807, 2.05) is 30.9 Å².